The molecule has 3 saturated heterocycles. The van der Waals surface area contributed by atoms with E-state index in [-0.39, 0.29) is 18.9 Å². The van der Waals surface area contributed by atoms with Gasteiger partial charge in [-0.25, -0.2) is 0 Å². The van der Waals surface area contributed by atoms with Crippen LogP contribution in [0.25, 0.3) is 0 Å². The van der Waals surface area contributed by atoms with Crippen LogP contribution in [0.4, 0.5) is 0 Å². The minimum atomic E-state index is -1.99. The van der Waals surface area contributed by atoms with E-state index in [1.807, 2.05) is 6.08 Å². The Hall–Kier alpha value is -3.55. The van der Waals surface area contributed by atoms with Gasteiger partial charge in [-0.15, -0.1) is 0 Å². The molecule has 0 spiro atoms. The van der Waals surface area contributed by atoms with Gasteiger partial charge in [0.15, 0.2) is 18.9 Å². The average molecular weight is 1320 g/mol. The Labute approximate surface area is 557 Å². The SMILES string of the molecule is CC/C=C\C/C=C\C/C=C\C/C=C\C/C=C\C/C=C\C/C=C\CCCCCCCCCCCC(=O)NC(COC1OC(CO)C(OC2OC(CO)C(OC3OC(CO)C(O)C(O)C3O)C(O)C2O)C(O)C1O)C(O)/C=C/CC/C=C/CCCCCCCCCCCCC. The Morgan fingerprint density at radius 3 is 1.20 bits per heavy atom. The second kappa shape index (κ2) is 54.5. The Kier molecular flexibility index (Phi) is 49.0. The van der Waals surface area contributed by atoms with E-state index in [2.05, 4.69) is 116 Å². The lowest BCUT2D eigenvalue weighted by molar-refractivity contribution is -0.379. The summed E-state index contributed by atoms with van der Waals surface area (Å²) in [5.74, 6) is -0.296. The van der Waals surface area contributed by atoms with E-state index in [1.54, 1.807) is 6.08 Å². The van der Waals surface area contributed by atoms with Crippen LogP contribution in [0.15, 0.2) is 109 Å². The molecule has 3 heterocycles. The van der Waals surface area contributed by atoms with E-state index in [0.717, 1.165) is 96.3 Å². The number of rotatable bonds is 53. The molecule has 12 N–H and O–H groups in total. The monoisotopic (exact) mass is 1320 g/mol. The maximum Gasteiger partial charge on any atom is 0.220 e. The van der Waals surface area contributed by atoms with Crippen LogP contribution in [0.5, 0.6) is 0 Å². The highest BCUT2D eigenvalue weighted by Crippen LogP contribution is 2.33. The van der Waals surface area contributed by atoms with Crippen molar-refractivity contribution in [2.75, 3.05) is 26.4 Å². The number of unbranched alkanes of at least 4 members (excludes halogenated alkanes) is 21. The van der Waals surface area contributed by atoms with Crippen molar-refractivity contribution in [3.05, 3.63) is 109 Å². The number of hydrogen-bond acceptors (Lipinski definition) is 18. The summed E-state index contributed by atoms with van der Waals surface area (Å²) in [6.07, 6.45) is 46.3. The molecule has 3 rings (SSSR count). The highest BCUT2D eigenvalue weighted by atomic mass is 16.8. The van der Waals surface area contributed by atoms with Crippen molar-refractivity contribution in [1.29, 1.82) is 0 Å². The molecule has 0 aromatic carbocycles. The second-order valence-electron chi connectivity index (χ2n) is 25.0. The molecule has 3 aliphatic rings. The third-order valence-corrected chi connectivity index (χ3v) is 17.1. The number of carbonyl (C=O) groups excluding carboxylic acids is 1. The standard InChI is InChI=1S/C74H125NO18/c1-3-5-7-9-11-13-15-17-19-21-22-23-24-25-26-27-28-29-30-31-32-33-34-36-38-40-42-44-46-48-50-52-62(80)75-57(58(79)51-49-47-45-43-41-39-37-35-20-18-16-14-12-10-8-6-4-2)56-88-72-68(86)65(83)70(60(54-77)90-72)93-74-69(87)66(84)71(61(55-78)91-74)92-73-67(85)64(82)63(81)59(53-76)89-73/h5,7,11,13,17,19,22-23,25-26,28-29,31-32,41,43,49,51,57-61,63-74,76-79,81-87H,3-4,6,8-10,12,14-16,18,20-21,24,27,30,33-40,42,44-48,50,52-56H2,1-2H3,(H,75,80)/b7-5-,13-11-,19-17-,23-22-,26-25-,29-28-,32-31-,43-41+,51-49+. The van der Waals surface area contributed by atoms with Crippen LogP contribution in [0.1, 0.15) is 219 Å². The van der Waals surface area contributed by atoms with Gasteiger partial charge in [0.2, 0.25) is 5.91 Å². The highest BCUT2D eigenvalue weighted by Gasteiger charge is 2.53. The van der Waals surface area contributed by atoms with Crippen LogP contribution in [-0.4, -0.2) is 193 Å². The minimum Gasteiger partial charge on any atom is -0.394 e. The van der Waals surface area contributed by atoms with Gasteiger partial charge in [-0.3, -0.25) is 4.79 Å². The van der Waals surface area contributed by atoms with Crippen molar-refractivity contribution < 1.29 is 89.4 Å². The Morgan fingerprint density at radius 2 is 0.753 bits per heavy atom. The molecule has 3 aliphatic heterocycles. The molecule has 19 nitrogen and oxygen atoms in total. The van der Waals surface area contributed by atoms with E-state index in [0.29, 0.717) is 12.8 Å². The fraction of sp³-hybridized carbons (Fsp3) is 0.743. The van der Waals surface area contributed by atoms with E-state index in [4.69, 9.17) is 28.4 Å². The van der Waals surface area contributed by atoms with E-state index in [1.165, 1.54) is 89.9 Å². The number of aliphatic hydroxyl groups is 11. The molecule has 0 radical (unpaired) electrons. The molecular weight excluding hydrogens is 1190 g/mol. The molecule has 93 heavy (non-hydrogen) atoms. The second-order valence-corrected chi connectivity index (χ2v) is 25.0. The van der Waals surface area contributed by atoms with Crippen molar-refractivity contribution in [3.8, 4) is 0 Å². The lowest BCUT2D eigenvalue weighted by Crippen LogP contribution is -2.66. The van der Waals surface area contributed by atoms with Gasteiger partial charge >= 0.3 is 0 Å². The Morgan fingerprint density at radius 1 is 0.398 bits per heavy atom. The largest absolute Gasteiger partial charge is 0.394 e. The molecule has 17 atom stereocenters. The zero-order valence-electron chi connectivity index (χ0n) is 56.4. The maximum atomic E-state index is 13.4. The first-order valence-electron chi connectivity index (χ1n) is 35.6. The number of hydrogen-bond donors (Lipinski definition) is 12. The number of ether oxygens (including phenoxy) is 6. The molecule has 19 heteroatoms. The van der Waals surface area contributed by atoms with Crippen molar-refractivity contribution in [2.24, 2.45) is 0 Å². The molecular formula is C74H125NO18. The summed E-state index contributed by atoms with van der Waals surface area (Å²) < 4.78 is 34.3. The van der Waals surface area contributed by atoms with Crippen molar-refractivity contribution >= 4 is 5.91 Å². The number of allylic oxidation sites excluding steroid dienone is 17. The third-order valence-electron chi connectivity index (χ3n) is 17.1. The summed E-state index contributed by atoms with van der Waals surface area (Å²) in [5, 5.41) is 121. The molecule has 0 aliphatic carbocycles. The predicted molar refractivity (Wildman–Crippen MR) is 364 cm³/mol. The lowest BCUT2D eigenvalue weighted by atomic mass is 9.96. The van der Waals surface area contributed by atoms with Gasteiger partial charge < -0.3 is 89.9 Å². The van der Waals surface area contributed by atoms with E-state index < -0.39 is 124 Å². The molecule has 1 amide bonds. The Balaban J connectivity index is 1.42. The Bertz CT molecular complexity index is 2110. The summed E-state index contributed by atoms with van der Waals surface area (Å²) in [6.45, 7) is 1.58. The molecule has 0 bridgehead atoms. The molecule has 0 aromatic heterocycles. The zero-order valence-corrected chi connectivity index (χ0v) is 56.4. The normalized spacial score (nSPS) is 28.2. The minimum absolute atomic E-state index is 0.221. The van der Waals surface area contributed by atoms with Gasteiger partial charge in [-0.1, -0.05) is 232 Å². The van der Waals surface area contributed by atoms with E-state index in [9.17, 15) is 61.0 Å². The summed E-state index contributed by atoms with van der Waals surface area (Å²) in [5.41, 5.74) is 0. The fourth-order valence-electron chi connectivity index (χ4n) is 11.3. The van der Waals surface area contributed by atoms with E-state index >= 15 is 0 Å². The summed E-state index contributed by atoms with van der Waals surface area (Å²) in [4.78, 5) is 13.4. The molecule has 0 aromatic rings. The van der Waals surface area contributed by atoms with Crippen molar-refractivity contribution in [1.82, 2.24) is 5.32 Å². The fourth-order valence-corrected chi connectivity index (χ4v) is 11.3. The summed E-state index contributed by atoms with van der Waals surface area (Å²) >= 11 is 0. The van der Waals surface area contributed by atoms with Crippen LogP contribution in [-0.2, 0) is 33.2 Å². The summed E-state index contributed by atoms with van der Waals surface area (Å²) in [7, 11) is 0. The molecule has 534 valence electrons. The van der Waals surface area contributed by atoms with Gasteiger partial charge in [-0.05, 0) is 89.9 Å². The third kappa shape index (κ3) is 36.0. The number of amides is 1. The van der Waals surface area contributed by atoms with Crippen LogP contribution >= 0.6 is 0 Å². The van der Waals surface area contributed by atoms with Crippen LogP contribution < -0.4 is 5.32 Å². The van der Waals surface area contributed by atoms with Gasteiger partial charge in [0.25, 0.3) is 0 Å². The van der Waals surface area contributed by atoms with Gasteiger partial charge in [0, 0.05) is 6.42 Å². The number of carbonyl (C=O) groups is 1. The van der Waals surface area contributed by atoms with Crippen molar-refractivity contribution in [2.45, 2.75) is 324 Å². The first-order chi connectivity index (χ1) is 45.3. The first kappa shape index (κ1) is 83.7. The molecule has 0 saturated carbocycles. The number of aliphatic hydroxyl groups excluding tert-OH is 11. The number of nitrogens with one attached hydrogen (secondary N) is 1. The van der Waals surface area contributed by atoms with Gasteiger partial charge in [0.1, 0.15) is 73.2 Å². The van der Waals surface area contributed by atoms with Crippen molar-refractivity contribution in [3.63, 3.8) is 0 Å². The smallest absolute Gasteiger partial charge is 0.220 e. The van der Waals surface area contributed by atoms with Crippen LogP contribution in [0.2, 0.25) is 0 Å². The van der Waals surface area contributed by atoms with Crippen LogP contribution in [0.3, 0.4) is 0 Å². The molecule has 17 unspecified atom stereocenters. The predicted octanol–water partition coefficient (Wildman–Crippen LogP) is 9.83. The summed E-state index contributed by atoms with van der Waals surface area (Å²) in [6, 6.07) is -1.00. The topological polar surface area (TPSA) is 307 Å². The maximum absolute atomic E-state index is 13.4. The lowest BCUT2D eigenvalue weighted by Gasteiger charge is -2.48. The van der Waals surface area contributed by atoms with Crippen LogP contribution in [0, 0.1) is 0 Å². The highest BCUT2D eigenvalue weighted by molar-refractivity contribution is 5.76. The zero-order chi connectivity index (χ0) is 67.5. The first-order valence-corrected chi connectivity index (χ1v) is 35.6. The quantitative estimate of drug-likeness (QED) is 0.0199. The molecule has 3 fully saturated rings. The van der Waals surface area contributed by atoms with Gasteiger partial charge in [0.05, 0.1) is 38.6 Å². The van der Waals surface area contributed by atoms with Gasteiger partial charge in [-0.2, -0.15) is 0 Å². The average Bonchev–Trinajstić information content (AvgIpc) is 0.900.